The van der Waals surface area contributed by atoms with Crippen LogP contribution in [0.1, 0.15) is 13.8 Å². The van der Waals surface area contributed by atoms with Gasteiger partial charge in [-0.2, -0.15) is 0 Å². The maximum absolute atomic E-state index is 10.8. The molecule has 1 rings (SSSR count). The summed E-state index contributed by atoms with van der Waals surface area (Å²) in [6, 6.07) is -0.640. The van der Waals surface area contributed by atoms with Gasteiger partial charge in [0.1, 0.15) is 0 Å². The van der Waals surface area contributed by atoms with E-state index in [0.717, 1.165) is 0 Å². The first-order valence-corrected chi connectivity index (χ1v) is 3.95. The number of ether oxygens (including phenoxy) is 2. The first-order valence-electron chi connectivity index (χ1n) is 3.95. The van der Waals surface area contributed by atoms with Gasteiger partial charge in [-0.25, -0.2) is 5.11 Å². The van der Waals surface area contributed by atoms with Gasteiger partial charge in [0, 0.05) is 0 Å². The van der Waals surface area contributed by atoms with Crippen LogP contribution in [-0.2, 0) is 5.11 Å². The van der Waals surface area contributed by atoms with Crippen LogP contribution in [0.15, 0.2) is 0 Å². The van der Waals surface area contributed by atoms with Gasteiger partial charge in [-0.15, -0.1) is 15.0 Å². The molecule has 13 heavy (non-hydrogen) atoms. The van der Waals surface area contributed by atoms with Crippen LogP contribution >= 0.6 is 0 Å². The molecule has 1 aromatic rings. The molecule has 0 aliphatic rings. The first-order chi connectivity index (χ1) is 6.26. The van der Waals surface area contributed by atoms with E-state index in [0.29, 0.717) is 13.2 Å². The van der Waals surface area contributed by atoms with Gasteiger partial charge in [-0.3, -0.25) is 0 Å². The minimum absolute atomic E-state index is 0.00551. The van der Waals surface area contributed by atoms with Crippen molar-refractivity contribution < 1.29 is 14.6 Å². The Balaban J connectivity index is 2.83. The van der Waals surface area contributed by atoms with Crippen molar-refractivity contribution in [1.82, 2.24) is 15.0 Å². The fourth-order valence-electron chi connectivity index (χ4n) is 0.708. The maximum Gasteiger partial charge on any atom is 0.376 e. The SMILES string of the molecule is CCOc1nc([O])nc(OCC)n1. The summed E-state index contributed by atoms with van der Waals surface area (Å²) in [5, 5.41) is 10.8. The lowest BCUT2D eigenvalue weighted by molar-refractivity contribution is 0.249. The Hall–Kier alpha value is -1.59. The molecule has 0 saturated heterocycles. The van der Waals surface area contributed by atoms with Crippen molar-refractivity contribution in [2.45, 2.75) is 13.8 Å². The lowest BCUT2D eigenvalue weighted by Gasteiger charge is -2.02. The van der Waals surface area contributed by atoms with E-state index in [1.54, 1.807) is 13.8 Å². The van der Waals surface area contributed by atoms with Gasteiger partial charge in [-0.1, -0.05) is 0 Å². The Morgan fingerprint density at radius 1 is 1.00 bits per heavy atom. The van der Waals surface area contributed by atoms with Gasteiger partial charge < -0.3 is 9.47 Å². The summed E-state index contributed by atoms with van der Waals surface area (Å²) < 4.78 is 9.86. The van der Waals surface area contributed by atoms with Crippen LogP contribution in [0.5, 0.6) is 18.0 Å². The predicted molar refractivity (Wildman–Crippen MR) is 42.3 cm³/mol. The number of rotatable bonds is 4. The molecule has 1 aromatic heterocycles. The monoisotopic (exact) mass is 184 g/mol. The summed E-state index contributed by atoms with van der Waals surface area (Å²) in [4.78, 5) is 10.6. The molecule has 0 aliphatic carbocycles. The molecule has 1 radical (unpaired) electrons. The zero-order valence-corrected chi connectivity index (χ0v) is 7.48. The average Bonchev–Trinajstić information content (AvgIpc) is 2.04. The minimum atomic E-state index is -0.651. The summed E-state index contributed by atoms with van der Waals surface area (Å²) in [5.74, 6) is 0. The molecule has 0 N–H and O–H groups in total. The molecule has 0 aliphatic heterocycles. The molecule has 0 bridgehead atoms. The molecule has 1 heterocycles. The lowest BCUT2D eigenvalue weighted by Crippen LogP contribution is -2.02. The molecule has 6 nitrogen and oxygen atoms in total. The Kier molecular flexibility index (Phi) is 3.24. The van der Waals surface area contributed by atoms with Crippen LogP contribution in [0.25, 0.3) is 0 Å². The van der Waals surface area contributed by atoms with Crippen LogP contribution in [0, 0.1) is 0 Å². The van der Waals surface area contributed by atoms with Crippen molar-refractivity contribution in [3.8, 4) is 18.0 Å². The topological polar surface area (TPSA) is 77.0 Å². The van der Waals surface area contributed by atoms with Crippen LogP contribution in [0.3, 0.4) is 0 Å². The van der Waals surface area contributed by atoms with E-state index in [1.807, 2.05) is 0 Å². The molecule has 0 spiro atoms. The summed E-state index contributed by atoms with van der Waals surface area (Å²) in [6.07, 6.45) is 0. The minimum Gasteiger partial charge on any atom is -0.464 e. The number of nitrogens with zero attached hydrogens (tertiary/aromatic N) is 3. The highest BCUT2D eigenvalue weighted by atomic mass is 16.5. The zero-order valence-electron chi connectivity index (χ0n) is 7.48. The summed E-state index contributed by atoms with van der Waals surface area (Å²) in [7, 11) is 0. The zero-order chi connectivity index (χ0) is 9.68. The van der Waals surface area contributed by atoms with Gasteiger partial charge in [0.15, 0.2) is 0 Å². The lowest BCUT2D eigenvalue weighted by atomic mass is 10.8. The van der Waals surface area contributed by atoms with E-state index in [1.165, 1.54) is 0 Å². The number of aromatic nitrogens is 3. The molecule has 0 amide bonds. The second-order valence-corrected chi connectivity index (χ2v) is 2.05. The van der Waals surface area contributed by atoms with Crippen molar-refractivity contribution in [3.63, 3.8) is 0 Å². The van der Waals surface area contributed by atoms with Gasteiger partial charge >= 0.3 is 18.0 Å². The van der Waals surface area contributed by atoms with Crippen LogP contribution in [0.2, 0.25) is 0 Å². The van der Waals surface area contributed by atoms with Crippen LogP contribution in [0.4, 0.5) is 0 Å². The molecule has 0 fully saturated rings. The normalized spacial score (nSPS) is 9.69. The van der Waals surface area contributed by atoms with E-state index >= 15 is 0 Å². The Labute approximate surface area is 75.6 Å². The molecule has 71 valence electrons. The fourth-order valence-corrected chi connectivity index (χ4v) is 0.708. The Bertz CT molecular complexity index is 255. The third-order valence-electron chi connectivity index (χ3n) is 1.12. The van der Waals surface area contributed by atoms with Crippen molar-refractivity contribution in [1.29, 1.82) is 0 Å². The summed E-state index contributed by atoms with van der Waals surface area (Å²) in [6.45, 7) is 4.34. The van der Waals surface area contributed by atoms with E-state index in [2.05, 4.69) is 15.0 Å². The molecule has 0 atom stereocenters. The van der Waals surface area contributed by atoms with E-state index < -0.39 is 6.01 Å². The fraction of sp³-hybridized carbons (Fsp3) is 0.571. The molecular formula is C7H10N3O3. The van der Waals surface area contributed by atoms with Crippen LogP contribution in [-0.4, -0.2) is 28.2 Å². The number of hydrogen-bond acceptors (Lipinski definition) is 5. The second-order valence-electron chi connectivity index (χ2n) is 2.05. The third-order valence-corrected chi connectivity index (χ3v) is 1.12. The highest BCUT2D eigenvalue weighted by molar-refractivity contribution is 5.07. The third kappa shape index (κ3) is 2.73. The van der Waals surface area contributed by atoms with Crippen molar-refractivity contribution in [2.75, 3.05) is 13.2 Å². The second kappa shape index (κ2) is 4.44. The average molecular weight is 184 g/mol. The van der Waals surface area contributed by atoms with Gasteiger partial charge in [0.2, 0.25) is 0 Å². The quantitative estimate of drug-likeness (QED) is 0.692. The van der Waals surface area contributed by atoms with Gasteiger partial charge in [0.05, 0.1) is 13.2 Å². The van der Waals surface area contributed by atoms with Gasteiger partial charge in [0.25, 0.3) is 0 Å². The van der Waals surface area contributed by atoms with E-state index in [9.17, 15) is 5.11 Å². The smallest absolute Gasteiger partial charge is 0.376 e. The van der Waals surface area contributed by atoms with Crippen molar-refractivity contribution in [3.05, 3.63) is 0 Å². The van der Waals surface area contributed by atoms with Crippen molar-refractivity contribution >= 4 is 0 Å². The molecule has 0 unspecified atom stereocenters. The number of hydrogen-bond donors (Lipinski definition) is 0. The molecular weight excluding hydrogens is 174 g/mol. The first kappa shape index (κ1) is 9.50. The molecule has 0 aromatic carbocycles. The van der Waals surface area contributed by atoms with E-state index in [-0.39, 0.29) is 12.0 Å². The predicted octanol–water partition coefficient (Wildman–Crippen LogP) is 0.813. The standard InChI is InChI=1S/C7H10N3O3/c1-3-12-6-8-5(11)9-7(10-6)13-4-2/h3-4H2,1-2H3. The van der Waals surface area contributed by atoms with Crippen molar-refractivity contribution in [2.24, 2.45) is 0 Å². The molecule has 0 saturated carbocycles. The summed E-state index contributed by atoms with van der Waals surface area (Å²) >= 11 is 0. The summed E-state index contributed by atoms with van der Waals surface area (Å²) in [5.41, 5.74) is 0. The maximum atomic E-state index is 10.8. The largest absolute Gasteiger partial charge is 0.464 e. The Morgan fingerprint density at radius 3 is 1.85 bits per heavy atom. The highest BCUT2D eigenvalue weighted by Crippen LogP contribution is 2.13. The van der Waals surface area contributed by atoms with E-state index in [4.69, 9.17) is 9.47 Å². The Morgan fingerprint density at radius 2 is 1.46 bits per heavy atom. The van der Waals surface area contributed by atoms with Crippen LogP contribution < -0.4 is 9.47 Å². The molecule has 6 heteroatoms. The van der Waals surface area contributed by atoms with Gasteiger partial charge in [-0.05, 0) is 13.8 Å². The highest BCUT2D eigenvalue weighted by Gasteiger charge is 2.07.